The van der Waals surface area contributed by atoms with Crippen molar-refractivity contribution in [1.29, 1.82) is 0 Å². The molecular formula is C16H25N. The third-order valence-corrected chi connectivity index (χ3v) is 4.31. The molecule has 0 spiro atoms. The Morgan fingerprint density at radius 2 is 1.82 bits per heavy atom. The second kappa shape index (κ2) is 5.22. The minimum absolute atomic E-state index is 0.460. The van der Waals surface area contributed by atoms with Gasteiger partial charge in [-0.1, -0.05) is 51.0 Å². The highest BCUT2D eigenvalue weighted by atomic mass is 14.9. The summed E-state index contributed by atoms with van der Waals surface area (Å²) in [5.41, 5.74) is 3.56. The quantitative estimate of drug-likeness (QED) is 0.805. The molecule has 1 aliphatic carbocycles. The second-order valence-electron chi connectivity index (χ2n) is 5.46. The Labute approximate surface area is 106 Å². The Morgan fingerprint density at radius 1 is 1.18 bits per heavy atom. The van der Waals surface area contributed by atoms with Gasteiger partial charge in [0.2, 0.25) is 0 Å². The number of fused-ring (bicyclic) bond motifs is 1. The van der Waals surface area contributed by atoms with E-state index in [4.69, 9.17) is 0 Å². The van der Waals surface area contributed by atoms with E-state index in [0.717, 1.165) is 0 Å². The predicted octanol–water partition coefficient (Wildman–Crippen LogP) is 4.09. The van der Waals surface area contributed by atoms with Crippen LogP contribution in [0.25, 0.3) is 0 Å². The van der Waals surface area contributed by atoms with Crippen molar-refractivity contribution in [3.05, 3.63) is 35.4 Å². The molecule has 1 heteroatoms. The van der Waals surface area contributed by atoms with Gasteiger partial charge in [-0.15, -0.1) is 0 Å². The van der Waals surface area contributed by atoms with Crippen LogP contribution in [0.2, 0.25) is 0 Å². The average Bonchev–Trinajstić information content (AvgIpc) is 2.63. The van der Waals surface area contributed by atoms with Crippen molar-refractivity contribution >= 4 is 0 Å². The van der Waals surface area contributed by atoms with Gasteiger partial charge in [0.05, 0.1) is 0 Å². The molecule has 1 unspecified atom stereocenters. The summed E-state index contributed by atoms with van der Waals surface area (Å²) >= 11 is 0. The van der Waals surface area contributed by atoms with E-state index in [2.05, 4.69) is 50.5 Å². The fourth-order valence-corrected chi connectivity index (χ4v) is 3.84. The average molecular weight is 231 g/mol. The van der Waals surface area contributed by atoms with Gasteiger partial charge in [-0.25, -0.2) is 0 Å². The zero-order valence-corrected chi connectivity index (χ0v) is 11.4. The summed E-state index contributed by atoms with van der Waals surface area (Å²) in [6.45, 7) is 4.63. The molecule has 0 saturated carbocycles. The fraction of sp³-hybridized carbons (Fsp3) is 0.625. The van der Waals surface area contributed by atoms with Crippen molar-refractivity contribution < 1.29 is 0 Å². The molecule has 0 aromatic heterocycles. The maximum absolute atomic E-state index is 3.58. The van der Waals surface area contributed by atoms with Crippen LogP contribution in [0.15, 0.2) is 24.3 Å². The summed E-state index contributed by atoms with van der Waals surface area (Å²) in [6.07, 6.45) is 6.50. The van der Waals surface area contributed by atoms with Crippen LogP contribution in [0, 0.1) is 5.41 Å². The van der Waals surface area contributed by atoms with Crippen molar-refractivity contribution in [2.75, 3.05) is 7.05 Å². The highest BCUT2D eigenvalue weighted by Gasteiger charge is 2.43. The summed E-state index contributed by atoms with van der Waals surface area (Å²) in [5.74, 6) is 0. The van der Waals surface area contributed by atoms with Crippen LogP contribution in [0.5, 0.6) is 0 Å². The minimum Gasteiger partial charge on any atom is -0.313 e. The lowest BCUT2D eigenvalue weighted by atomic mass is 9.73. The monoisotopic (exact) mass is 231 g/mol. The number of nitrogens with one attached hydrogen (secondary N) is 1. The molecule has 0 radical (unpaired) electrons. The van der Waals surface area contributed by atoms with Crippen molar-refractivity contribution in [2.45, 2.75) is 52.0 Å². The van der Waals surface area contributed by atoms with Gasteiger partial charge < -0.3 is 5.32 Å². The number of rotatable bonds is 5. The molecular weight excluding hydrogens is 206 g/mol. The van der Waals surface area contributed by atoms with Crippen molar-refractivity contribution in [1.82, 2.24) is 5.32 Å². The molecule has 0 bridgehead atoms. The van der Waals surface area contributed by atoms with E-state index in [0.29, 0.717) is 11.5 Å². The summed E-state index contributed by atoms with van der Waals surface area (Å²) in [7, 11) is 2.12. The highest BCUT2D eigenvalue weighted by Crippen LogP contribution is 2.51. The molecule has 0 saturated heterocycles. The van der Waals surface area contributed by atoms with E-state index in [9.17, 15) is 0 Å². The van der Waals surface area contributed by atoms with E-state index < -0.39 is 0 Å². The number of hydrogen-bond acceptors (Lipinski definition) is 1. The molecule has 1 aliphatic rings. The van der Waals surface area contributed by atoms with Gasteiger partial charge in [0.25, 0.3) is 0 Å². The maximum Gasteiger partial charge on any atom is 0.0380 e. The van der Waals surface area contributed by atoms with Crippen LogP contribution in [0.3, 0.4) is 0 Å². The summed E-state index contributed by atoms with van der Waals surface area (Å²) in [4.78, 5) is 0. The first kappa shape index (κ1) is 12.6. The fourth-order valence-electron chi connectivity index (χ4n) is 3.84. The molecule has 0 aliphatic heterocycles. The smallest absolute Gasteiger partial charge is 0.0380 e. The molecule has 1 N–H and O–H groups in total. The minimum atomic E-state index is 0.460. The standard InChI is InChI=1S/C16H25N/c1-4-10-16(11-5-2)12-13-8-6-7-9-14(13)15(16)17-3/h6-9,15,17H,4-5,10-12H2,1-3H3. The van der Waals surface area contributed by atoms with E-state index in [1.807, 2.05) is 0 Å². The lowest BCUT2D eigenvalue weighted by molar-refractivity contribution is 0.179. The van der Waals surface area contributed by atoms with E-state index in [1.165, 1.54) is 37.7 Å². The number of hydrogen-bond donors (Lipinski definition) is 1. The van der Waals surface area contributed by atoms with Crippen LogP contribution in [-0.2, 0) is 6.42 Å². The topological polar surface area (TPSA) is 12.0 Å². The first-order valence-corrected chi connectivity index (χ1v) is 7.02. The Balaban J connectivity index is 2.36. The molecule has 1 aromatic rings. The molecule has 1 atom stereocenters. The molecule has 2 rings (SSSR count). The first-order chi connectivity index (χ1) is 8.27. The van der Waals surface area contributed by atoms with Gasteiger partial charge in [-0.05, 0) is 42.9 Å². The van der Waals surface area contributed by atoms with Gasteiger partial charge in [0, 0.05) is 6.04 Å². The molecule has 17 heavy (non-hydrogen) atoms. The lowest BCUT2D eigenvalue weighted by Crippen LogP contribution is -2.33. The van der Waals surface area contributed by atoms with Gasteiger partial charge >= 0.3 is 0 Å². The Bertz CT molecular complexity index is 364. The van der Waals surface area contributed by atoms with Gasteiger partial charge in [0.15, 0.2) is 0 Å². The van der Waals surface area contributed by atoms with Crippen LogP contribution in [-0.4, -0.2) is 7.05 Å². The normalized spacial score (nSPS) is 21.5. The predicted molar refractivity (Wildman–Crippen MR) is 74.2 cm³/mol. The zero-order valence-electron chi connectivity index (χ0n) is 11.4. The Hall–Kier alpha value is -0.820. The third-order valence-electron chi connectivity index (χ3n) is 4.31. The summed E-state index contributed by atoms with van der Waals surface area (Å²) in [5, 5.41) is 3.58. The van der Waals surface area contributed by atoms with E-state index >= 15 is 0 Å². The molecule has 94 valence electrons. The Morgan fingerprint density at radius 3 is 2.41 bits per heavy atom. The summed E-state index contributed by atoms with van der Waals surface area (Å²) < 4.78 is 0. The van der Waals surface area contributed by atoms with Crippen LogP contribution < -0.4 is 5.32 Å². The zero-order chi connectivity index (χ0) is 12.3. The van der Waals surface area contributed by atoms with Crippen LogP contribution in [0.1, 0.15) is 56.7 Å². The van der Waals surface area contributed by atoms with Crippen molar-refractivity contribution in [3.8, 4) is 0 Å². The van der Waals surface area contributed by atoms with Crippen LogP contribution in [0.4, 0.5) is 0 Å². The molecule has 1 nitrogen and oxygen atoms in total. The van der Waals surface area contributed by atoms with Crippen molar-refractivity contribution in [3.63, 3.8) is 0 Å². The lowest BCUT2D eigenvalue weighted by Gasteiger charge is -2.35. The molecule has 0 amide bonds. The van der Waals surface area contributed by atoms with Crippen molar-refractivity contribution in [2.24, 2.45) is 5.41 Å². The van der Waals surface area contributed by atoms with Gasteiger partial charge in [0.1, 0.15) is 0 Å². The van der Waals surface area contributed by atoms with Gasteiger partial charge in [-0.3, -0.25) is 0 Å². The van der Waals surface area contributed by atoms with E-state index in [1.54, 1.807) is 5.56 Å². The Kier molecular flexibility index (Phi) is 3.88. The summed E-state index contributed by atoms with van der Waals surface area (Å²) in [6, 6.07) is 9.53. The largest absolute Gasteiger partial charge is 0.313 e. The van der Waals surface area contributed by atoms with E-state index in [-0.39, 0.29) is 0 Å². The molecule has 0 heterocycles. The number of benzene rings is 1. The van der Waals surface area contributed by atoms with Crippen LogP contribution >= 0.6 is 0 Å². The maximum atomic E-state index is 3.58. The third kappa shape index (κ3) is 2.13. The molecule has 0 fully saturated rings. The molecule has 1 aromatic carbocycles. The van der Waals surface area contributed by atoms with Gasteiger partial charge in [-0.2, -0.15) is 0 Å². The first-order valence-electron chi connectivity index (χ1n) is 7.02. The second-order valence-corrected chi connectivity index (χ2v) is 5.46. The highest BCUT2D eigenvalue weighted by molar-refractivity contribution is 5.38. The SMILES string of the molecule is CCCC1(CCC)Cc2ccccc2C1NC.